The van der Waals surface area contributed by atoms with E-state index in [4.69, 9.17) is 9.47 Å². The van der Waals surface area contributed by atoms with Crippen molar-refractivity contribution < 1.29 is 9.47 Å². The van der Waals surface area contributed by atoms with Crippen LogP contribution in [0.4, 0.5) is 0 Å². The lowest BCUT2D eigenvalue weighted by Crippen LogP contribution is -2.42. The Balaban J connectivity index is 1.80. The molecule has 1 aromatic heterocycles. The number of pyridine rings is 1. The fourth-order valence-electron chi connectivity index (χ4n) is 1.98. The molecule has 1 unspecified atom stereocenters. The van der Waals surface area contributed by atoms with Crippen molar-refractivity contribution in [3.05, 3.63) is 29.6 Å². The van der Waals surface area contributed by atoms with Crippen LogP contribution in [0.2, 0.25) is 0 Å². The standard InChI is InChI=1S/C13H20N2O2/c1-11-3-4-12(15-7-11)8-14-9-13(16-2)5-6-17-10-13/h3-4,7,14H,5-6,8-10H2,1-2H3. The molecule has 1 aliphatic heterocycles. The summed E-state index contributed by atoms with van der Waals surface area (Å²) in [7, 11) is 1.75. The Kier molecular flexibility index (Phi) is 4.10. The van der Waals surface area contributed by atoms with Gasteiger partial charge < -0.3 is 14.8 Å². The molecule has 0 aliphatic carbocycles. The Labute approximate surface area is 102 Å². The Morgan fingerprint density at radius 1 is 1.53 bits per heavy atom. The average molecular weight is 236 g/mol. The van der Waals surface area contributed by atoms with Gasteiger partial charge >= 0.3 is 0 Å². The van der Waals surface area contributed by atoms with Gasteiger partial charge in [-0.15, -0.1) is 0 Å². The highest BCUT2D eigenvalue weighted by Gasteiger charge is 2.34. The van der Waals surface area contributed by atoms with E-state index in [9.17, 15) is 0 Å². The third kappa shape index (κ3) is 3.25. The van der Waals surface area contributed by atoms with E-state index in [-0.39, 0.29) is 5.60 Å². The zero-order valence-electron chi connectivity index (χ0n) is 10.5. The molecule has 1 N–H and O–H groups in total. The first kappa shape index (κ1) is 12.5. The second kappa shape index (κ2) is 5.58. The first-order chi connectivity index (χ1) is 8.24. The summed E-state index contributed by atoms with van der Waals surface area (Å²) in [5, 5.41) is 3.39. The third-order valence-corrected chi connectivity index (χ3v) is 3.23. The fraction of sp³-hybridized carbons (Fsp3) is 0.615. The maximum Gasteiger partial charge on any atom is 0.106 e. The number of methoxy groups -OCH3 is 1. The molecule has 0 spiro atoms. The van der Waals surface area contributed by atoms with E-state index < -0.39 is 0 Å². The number of ether oxygens (including phenoxy) is 2. The molecule has 0 saturated carbocycles. The van der Waals surface area contributed by atoms with Gasteiger partial charge in [-0.3, -0.25) is 4.98 Å². The molecule has 0 bridgehead atoms. The lowest BCUT2D eigenvalue weighted by molar-refractivity contribution is -0.0159. The molecule has 4 heteroatoms. The highest BCUT2D eigenvalue weighted by Crippen LogP contribution is 2.21. The van der Waals surface area contributed by atoms with E-state index in [0.717, 1.165) is 31.8 Å². The van der Waals surface area contributed by atoms with Gasteiger partial charge in [-0.25, -0.2) is 0 Å². The summed E-state index contributed by atoms with van der Waals surface area (Å²) in [4.78, 5) is 4.36. The van der Waals surface area contributed by atoms with Crippen LogP contribution < -0.4 is 5.32 Å². The zero-order chi connectivity index (χ0) is 12.1. The molecule has 2 rings (SSSR count). The van der Waals surface area contributed by atoms with Crippen LogP contribution in [0.1, 0.15) is 17.7 Å². The van der Waals surface area contributed by atoms with Crippen molar-refractivity contribution in [3.8, 4) is 0 Å². The lowest BCUT2D eigenvalue weighted by atomic mass is 10.0. The number of hydrogen-bond donors (Lipinski definition) is 1. The van der Waals surface area contributed by atoms with Crippen molar-refractivity contribution in [1.82, 2.24) is 10.3 Å². The second-order valence-corrected chi connectivity index (χ2v) is 4.62. The number of rotatable bonds is 5. The molecule has 2 heterocycles. The van der Waals surface area contributed by atoms with Crippen LogP contribution in [0.5, 0.6) is 0 Å². The first-order valence-corrected chi connectivity index (χ1v) is 5.99. The molecule has 4 nitrogen and oxygen atoms in total. The smallest absolute Gasteiger partial charge is 0.106 e. The number of aromatic nitrogens is 1. The minimum absolute atomic E-state index is 0.148. The third-order valence-electron chi connectivity index (χ3n) is 3.23. The molecule has 1 atom stereocenters. The van der Waals surface area contributed by atoms with Crippen molar-refractivity contribution in [2.75, 3.05) is 26.9 Å². The van der Waals surface area contributed by atoms with Gasteiger partial charge in [0.25, 0.3) is 0 Å². The number of hydrogen-bond acceptors (Lipinski definition) is 4. The van der Waals surface area contributed by atoms with Gasteiger partial charge in [0.05, 0.1) is 12.3 Å². The first-order valence-electron chi connectivity index (χ1n) is 5.99. The number of aryl methyl sites for hydroxylation is 1. The van der Waals surface area contributed by atoms with E-state index >= 15 is 0 Å². The van der Waals surface area contributed by atoms with Crippen LogP contribution in [0.15, 0.2) is 18.3 Å². The molecule has 1 aromatic rings. The zero-order valence-corrected chi connectivity index (χ0v) is 10.5. The van der Waals surface area contributed by atoms with Crippen LogP contribution in [0.3, 0.4) is 0 Å². The van der Waals surface area contributed by atoms with E-state index in [2.05, 4.69) is 16.4 Å². The molecule has 1 aliphatic rings. The maximum absolute atomic E-state index is 5.55. The normalized spacial score (nSPS) is 24.1. The summed E-state index contributed by atoms with van der Waals surface area (Å²) in [6, 6.07) is 4.13. The van der Waals surface area contributed by atoms with Crippen LogP contribution in [-0.4, -0.2) is 37.5 Å². The van der Waals surface area contributed by atoms with Crippen LogP contribution in [-0.2, 0) is 16.0 Å². The highest BCUT2D eigenvalue weighted by atomic mass is 16.5. The summed E-state index contributed by atoms with van der Waals surface area (Å²) < 4.78 is 10.9. The van der Waals surface area contributed by atoms with Crippen molar-refractivity contribution in [2.45, 2.75) is 25.5 Å². The van der Waals surface area contributed by atoms with Gasteiger partial charge in [0.15, 0.2) is 0 Å². The van der Waals surface area contributed by atoms with E-state index in [1.807, 2.05) is 19.2 Å². The van der Waals surface area contributed by atoms with Crippen molar-refractivity contribution in [3.63, 3.8) is 0 Å². The molecular formula is C13H20N2O2. The lowest BCUT2D eigenvalue weighted by Gasteiger charge is -2.25. The molecule has 1 saturated heterocycles. The van der Waals surface area contributed by atoms with E-state index in [0.29, 0.717) is 6.61 Å². The Bertz CT molecular complexity index is 345. The Morgan fingerprint density at radius 2 is 2.41 bits per heavy atom. The minimum atomic E-state index is -0.148. The van der Waals surface area contributed by atoms with Gasteiger partial charge in [-0.2, -0.15) is 0 Å². The van der Waals surface area contributed by atoms with Gasteiger partial charge in [-0.05, 0) is 18.6 Å². The molecule has 1 fully saturated rings. The monoisotopic (exact) mass is 236 g/mol. The predicted octanol–water partition coefficient (Wildman–Crippen LogP) is 1.29. The highest BCUT2D eigenvalue weighted by molar-refractivity contribution is 5.12. The molecule has 0 aromatic carbocycles. The van der Waals surface area contributed by atoms with Crippen LogP contribution >= 0.6 is 0 Å². The van der Waals surface area contributed by atoms with Gasteiger partial charge in [-0.1, -0.05) is 6.07 Å². The molecule has 0 amide bonds. The summed E-state index contributed by atoms with van der Waals surface area (Å²) in [5.74, 6) is 0. The van der Waals surface area contributed by atoms with Crippen LogP contribution in [0.25, 0.3) is 0 Å². The van der Waals surface area contributed by atoms with E-state index in [1.54, 1.807) is 7.11 Å². The number of nitrogens with zero attached hydrogens (tertiary/aromatic N) is 1. The van der Waals surface area contributed by atoms with Gasteiger partial charge in [0.1, 0.15) is 5.60 Å². The van der Waals surface area contributed by atoms with Crippen molar-refractivity contribution in [2.24, 2.45) is 0 Å². The topological polar surface area (TPSA) is 43.4 Å². The average Bonchev–Trinajstić information content (AvgIpc) is 2.81. The SMILES string of the molecule is COC1(CNCc2ccc(C)cn2)CCOC1. The molecule has 0 radical (unpaired) electrons. The summed E-state index contributed by atoms with van der Waals surface area (Å²) in [6.07, 6.45) is 2.85. The van der Waals surface area contributed by atoms with Crippen molar-refractivity contribution in [1.29, 1.82) is 0 Å². The Morgan fingerprint density at radius 3 is 3.00 bits per heavy atom. The number of nitrogens with one attached hydrogen (secondary N) is 1. The summed E-state index contributed by atoms with van der Waals surface area (Å²) >= 11 is 0. The maximum atomic E-state index is 5.55. The molecule has 94 valence electrons. The van der Waals surface area contributed by atoms with Gasteiger partial charge in [0, 0.05) is 39.4 Å². The van der Waals surface area contributed by atoms with Crippen LogP contribution in [0, 0.1) is 6.92 Å². The molecule has 17 heavy (non-hydrogen) atoms. The minimum Gasteiger partial charge on any atom is -0.378 e. The molecular weight excluding hydrogens is 216 g/mol. The summed E-state index contributed by atoms with van der Waals surface area (Å²) in [6.45, 7) is 5.08. The van der Waals surface area contributed by atoms with Crippen molar-refractivity contribution >= 4 is 0 Å². The van der Waals surface area contributed by atoms with Gasteiger partial charge in [0.2, 0.25) is 0 Å². The van der Waals surface area contributed by atoms with E-state index in [1.165, 1.54) is 5.56 Å². The fourth-order valence-corrected chi connectivity index (χ4v) is 1.98. The predicted molar refractivity (Wildman–Crippen MR) is 65.9 cm³/mol. The summed E-state index contributed by atoms with van der Waals surface area (Å²) in [5.41, 5.74) is 2.09. The second-order valence-electron chi connectivity index (χ2n) is 4.62. The largest absolute Gasteiger partial charge is 0.378 e. The quantitative estimate of drug-likeness (QED) is 0.836. The Hall–Kier alpha value is -0.970.